The van der Waals surface area contributed by atoms with Crippen LogP contribution in [0.15, 0.2) is 29.9 Å². The summed E-state index contributed by atoms with van der Waals surface area (Å²) in [6.45, 7) is 0.467. The number of carboxylic acids is 1. The van der Waals surface area contributed by atoms with E-state index in [2.05, 4.69) is 15.3 Å². The first-order valence-corrected chi connectivity index (χ1v) is 5.45. The van der Waals surface area contributed by atoms with E-state index >= 15 is 0 Å². The van der Waals surface area contributed by atoms with Crippen molar-refractivity contribution in [2.75, 3.05) is 5.32 Å². The van der Waals surface area contributed by atoms with E-state index in [-0.39, 0.29) is 5.56 Å². The zero-order chi connectivity index (χ0) is 11.4. The average molecular weight is 235 g/mol. The number of hydrogen-bond donors (Lipinski definition) is 2. The molecule has 0 saturated carbocycles. The summed E-state index contributed by atoms with van der Waals surface area (Å²) in [4.78, 5) is 18.9. The molecule has 2 rings (SSSR count). The minimum atomic E-state index is -0.946. The highest BCUT2D eigenvalue weighted by Gasteiger charge is 2.04. The van der Waals surface area contributed by atoms with Gasteiger partial charge in [0.25, 0.3) is 0 Å². The molecule has 0 aliphatic heterocycles. The number of thiazole rings is 1. The second-order valence-electron chi connectivity index (χ2n) is 3.03. The zero-order valence-corrected chi connectivity index (χ0v) is 9.07. The lowest BCUT2D eigenvalue weighted by Crippen LogP contribution is -2.04. The van der Waals surface area contributed by atoms with Crippen molar-refractivity contribution < 1.29 is 9.90 Å². The number of nitrogens with zero attached hydrogens (tertiary/aromatic N) is 2. The van der Waals surface area contributed by atoms with Crippen molar-refractivity contribution in [3.05, 3.63) is 41.2 Å². The zero-order valence-electron chi connectivity index (χ0n) is 8.25. The van der Waals surface area contributed by atoms with E-state index in [4.69, 9.17) is 5.11 Å². The number of nitrogens with one attached hydrogen (secondary N) is 1. The van der Waals surface area contributed by atoms with E-state index in [0.29, 0.717) is 12.2 Å². The van der Waals surface area contributed by atoms with Gasteiger partial charge in [-0.3, -0.25) is 4.98 Å². The Hall–Kier alpha value is -1.95. The quantitative estimate of drug-likeness (QED) is 0.845. The van der Waals surface area contributed by atoms with Crippen LogP contribution in [0.3, 0.4) is 0 Å². The predicted molar refractivity (Wildman–Crippen MR) is 60.6 cm³/mol. The van der Waals surface area contributed by atoms with Gasteiger partial charge in [0, 0.05) is 17.8 Å². The molecule has 0 unspecified atom stereocenters. The smallest absolute Gasteiger partial charge is 0.335 e. The van der Waals surface area contributed by atoms with Crippen molar-refractivity contribution >= 4 is 22.4 Å². The Kier molecular flexibility index (Phi) is 3.11. The third-order valence-corrected chi connectivity index (χ3v) is 2.65. The summed E-state index contributed by atoms with van der Waals surface area (Å²) in [7, 11) is 0. The van der Waals surface area contributed by atoms with E-state index in [9.17, 15) is 4.79 Å². The third-order valence-electron chi connectivity index (χ3n) is 1.92. The molecule has 0 atom stereocenters. The summed E-state index contributed by atoms with van der Waals surface area (Å²) >= 11 is 1.49. The summed E-state index contributed by atoms with van der Waals surface area (Å²) in [6.07, 6.45) is 3.19. The average Bonchev–Trinajstić information content (AvgIpc) is 2.79. The number of hydrogen-bond acceptors (Lipinski definition) is 5. The lowest BCUT2D eigenvalue weighted by Gasteiger charge is -2.02. The fraction of sp³-hybridized carbons (Fsp3) is 0.100. The monoisotopic (exact) mass is 235 g/mol. The Morgan fingerprint density at radius 1 is 1.44 bits per heavy atom. The van der Waals surface area contributed by atoms with E-state index in [1.807, 2.05) is 5.38 Å². The molecule has 6 heteroatoms. The normalized spacial score (nSPS) is 10.0. The molecular weight excluding hydrogens is 226 g/mol. The van der Waals surface area contributed by atoms with E-state index in [1.54, 1.807) is 12.3 Å². The molecule has 2 heterocycles. The number of carboxylic acid groups (broad SMARTS) is 1. The molecule has 5 nitrogen and oxygen atoms in total. The number of carbonyl (C=O) groups is 1. The highest BCUT2D eigenvalue weighted by molar-refractivity contribution is 7.13. The fourth-order valence-electron chi connectivity index (χ4n) is 1.18. The molecule has 16 heavy (non-hydrogen) atoms. The van der Waals surface area contributed by atoms with Crippen LogP contribution in [-0.4, -0.2) is 21.0 Å². The first-order chi connectivity index (χ1) is 7.75. The molecule has 2 N–H and O–H groups in total. The maximum atomic E-state index is 10.7. The molecule has 2 aromatic heterocycles. The fourth-order valence-corrected chi connectivity index (χ4v) is 1.71. The molecule has 0 radical (unpaired) electrons. The van der Waals surface area contributed by atoms with Crippen LogP contribution in [0.1, 0.15) is 16.1 Å². The molecule has 0 saturated heterocycles. The molecule has 0 aliphatic rings. The van der Waals surface area contributed by atoms with Gasteiger partial charge in [-0.1, -0.05) is 0 Å². The number of pyridine rings is 1. The van der Waals surface area contributed by atoms with Gasteiger partial charge in [0.05, 0.1) is 17.8 Å². The highest BCUT2D eigenvalue weighted by Crippen LogP contribution is 2.11. The second-order valence-corrected chi connectivity index (χ2v) is 3.93. The van der Waals surface area contributed by atoms with Crippen LogP contribution in [0.2, 0.25) is 0 Å². The second kappa shape index (κ2) is 4.71. The molecule has 2 aromatic rings. The standard InChI is InChI=1S/C10H9N3O2S/c14-9(15)7-1-2-11-8(5-7)6-13-10-12-3-4-16-10/h1-5H,6H2,(H,12,13)(H,14,15). The summed E-state index contributed by atoms with van der Waals surface area (Å²) in [5.74, 6) is -0.946. The van der Waals surface area contributed by atoms with Gasteiger partial charge in [0.2, 0.25) is 0 Å². The first kappa shape index (κ1) is 10.6. The van der Waals surface area contributed by atoms with Crippen molar-refractivity contribution in [2.45, 2.75) is 6.54 Å². The Bertz CT molecular complexity index is 485. The van der Waals surface area contributed by atoms with Gasteiger partial charge in [-0.2, -0.15) is 0 Å². The number of rotatable bonds is 4. The summed E-state index contributed by atoms with van der Waals surface area (Å²) in [5, 5.41) is 14.5. The van der Waals surface area contributed by atoms with Crippen LogP contribution in [0, 0.1) is 0 Å². The Labute approximate surface area is 95.8 Å². The number of aromatic nitrogens is 2. The third kappa shape index (κ3) is 2.54. The Balaban J connectivity index is 2.04. The van der Waals surface area contributed by atoms with Crippen LogP contribution in [-0.2, 0) is 6.54 Å². The molecule has 0 bridgehead atoms. The van der Waals surface area contributed by atoms with Crippen molar-refractivity contribution in [2.24, 2.45) is 0 Å². The van der Waals surface area contributed by atoms with Gasteiger partial charge < -0.3 is 10.4 Å². The topological polar surface area (TPSA) is 75.1 Å². The van der Waals surface area contributed by atoms with E-state index in [0.717, 1.165) is 5.13 Å². The van der Waals surface area contributed by atoms with Gasteiger partial charge in [0.1, 0.15) is 0 Å². The Morgan fingerprint density at radius 2 is 2.31 bits per heavy atom. The molecule has 0 aliphatic carbocycles. The predicted octanol–water partition coefficient (Wildman–Crippen LogP) is 1.85. The van der Waals surface area contributed by atoms with Crippen molar-refractivity contribution in [3.63, 3.8) is 0 Å². The number of anilines is 1. The van der Waals surface area contributed by atoms with Crippen molar-refractivity contribution in [1.82, 2.24) is 9.97 Å². The van der Waals surface area contributed by atoms with Gasteiger partial charge in [0.15, 0.2) is 5.13 Å². The van der Waals surface area contributed by atoms with Gasteiger partial charge in [-0.05, 0) is 12.1 Å². The van der Waals surface area contributed by atoms with Crippen LogP contribution in [0.5, 0.6) is 0 Å². The molecule has 0 amide bonds. The Morgan fingerprint density at radius 3 is 3.00 bits per heavy atom. The van der Waals surface area contributed by atoms with Crippen LogP contribution in [0.25, 0.3) is 0 Å². The van der Waals surface area contributed by atoms with Crippen molar-refractivity contribution in [1.29, 1.82) is 0 Å². The molecule has 82 valence electrons. The summed E-state index contributed by atoms with van der Waals surface area (Å²) < 4.78 is 0. The summed E-state index contributed by atoms with van der Waals surface area (Å²) in [5.41, 5.74) is 0.918. The van der Waals surface area contributed by atoms with Gasteiger partial charge >= 0.3 is 5.97 Å². The van der Waals surface area contributed by atoms with Crippen LogP contribution in [0.4, 0.5) is 5.13 Å². The molecule has 0 spiro atoms. The minimum Gasteiger partial charge on any atom is -0.478 e. The van der Waals surface area contributed by atoms with Crippen LogP contribution < -0.4 is 5.32 Å². The highest BCUT2D eigenvalue weighted by atomic mass is 32.1. The van der Waals surface area contributed by atoms with Gasteiger partial charge in [-0.15, -0.1) is 11.3 Å². The summed E-state index contributed by atoms with van der Waals surface area (Å²) in [6, 6.07) is 3.01. The maximum absolute atomic E-state index is 10.7. The lowest BCUT2D eigenvalue weighted by atomic mass is 10.2. The van der Waals surface area contributed by atoms with E-state index < -0.39 is 5.97 Å². The maximum Gasteiger partial charge on any atom is 0.335 e. The van der Waals surface area contributed by atoms with Crippen molar-refractivity contribution in [3.8, 4) is 0 Å². The van der Waals surface area contributed by atoms with E-state index in [1.165, 1.54) is 23.6 Å². The largest absolute Gasteiger partial charge is 0.478 e. The lowest BCUT2D eigenvalue weighted by molar-refractivity contribution is 0.0696. The minimum absolute atomic E-state index is 0.242. The molecule has 0 fully saturated rings. The first-order valence-electron chi connectivity index (χ1n) is 4.57. The molecule has 0 aromatic carbocycles. The SMILES string of the molecule is O=C(O)c1ccnc(CNc2nccs2)c1. The van der Waals surface area contributed by atoms with Crippen LogP contribution >= 0.6 is 11.3 Å². The van der Waals surface area contributed by atoms with Gasteiger partial charge in [-0.25, -0.2) is 9.78 Å². The number of aromatic carboxylic acids is 1. The molecular formula is C10H9N3O2S.